The molecule has 8 heteroatoms. The van der Waals surface area contributed by atoms with Crippen LogP contribution in [0.1, 0.15) is 50.2 Å². The molecular formula is C20H26N4O4. The fourth-order valence-corrected chi connectivity index (χ4v) is 2.72. The lowest BCUT2D eigenvalue weighted by atomic mass is 10.1. The average molecular weight is 386 g/mol. The number of unbranched alkanes of at least 4 members (excludes halogenated alkanes) is 3. The van der Waals surface area contributed by atoms with Crippen LogP contribution in [0.4, 0.5) is 0 Å². The van der Waals surface area contributed by atoms with Crippen LogP contribution in [0, 0.1) is 0 Å². The summed E-state index contributed by atoms with van der Waals surface area (Å²) in [6.45, 7) is 2.28. The molecule has 0 atom stereocenters. The number of aromatic hydroxyl groups is 1. The molecule has 0 fully saturated rings. The van der Waals surface area contributed by atoms with Crippen LogP contribution in [0.15, 0.2) is 45.0 Å². The molecule has 1 aromatic carbocycles. The summed E-state index contributed by atoms with van der Waals surface area (Å²) in [6.07, 6.45) is 5.80. The van der Waals surface area contributed by atoms with Crippen molar-refractivity contribution < 1.29 is 9.90 Å². The lowest BCUT2D eigenvalue weighted by molar-refractivity contribution is -0.121. The third-order valence-corrected chi connectivity index (χ3v) is 4.31. The average Bonchev–Trinajstić information content (AvgIpc) is 2.68. The van der Waals surface area contributed by atoms with Crippen molar-refractivity contribution >= 4 is 12.1 Å². The molecule has 0 radical (unpaired) electrons. The Morgan fingerprint density at radius 1 is 1.21 bits per heavy atom. The Hall–Kier alpha value is -3.16. The Morgan fingerprint density at radius 3 is 2.68 bits per heavy atom. The molecule has 0 saturated heterocycles. The minimum absolute atomic E-state index is 0.182. The molecule has 1 aromatic heterocycles. The number of aromatic amines is 1. The number of benzene rings is 1. The van der Waals surface area contributed by atoms with Gasteiger partial charge >= 0.3 is 5.69 Å². The lowest BCUT2D eigenvalue weighted by Crippen LogP contribution is -2.33. The fraction of sp³-hybridized carbons (Fsp3) is 0.400. The summed E-state index contributed by atoms with van der Waals surface area (Å²) in [4.78, 5) is 37.9. The van der Waals surface area contributed by atoms with E-state index in [2.05, 4.69) is 22.4 Å². The van der Waals surface area contributed by atoms with Gasteiger partial charge in [0.05, 0.1) is 6.21 Å². The van der Waals surface area contributed by atoms with E-state index in [4.69, 9.17) is 0 Å². The number of aryl methyl sites for hydroxylation is 1. The van der Waals surface area contributed by atoms with Gasteiger partial charge in [0.15, 0.2) is 0 Å². The van der Waals surface area contributed by atoms with E-state index < -0.39 is 17.1 Å². The van der Waals surface area contributed by atoms with Crippen molar-refractivity contribution in [2.24, 2.45) is 5.10 Å². The summed E-state index contributed by atoms with van der Waals surface area (Å²) >= 11 is 0. The van der Waals surface area contributed by atoms with Crippen LogP contribution in [-0.2, 0) is 17.8 Å². The molecule has 2 rings (SSSR count). The SMILES string of the molecule is CCCCCCC(=O)N/N=C/c1c(O)n(CCc2ccccc2)c(=O)[nH]c1=O. The van der Waals surface area contributed by atoms with Gasteiger partial charge in [0, 0.05) is 13.0 Å². The van der Waals surface area contributed by atoms with E-state index in [1.807, 2.05) is 30.3 Å². The Balaban J connectivity index is 2.05. The standard InChI is InChI=1S/C20H26N4O4/c1-2-3-4-8-11-17(25)23-21-14-16-18(26)22-20(28)24(19(16)27)13-12-15-9-6-5-7-10-15/h5-7,9-10,14,27H,2-4,8,11-13H2,1H3,(H,23,25)(H,22,26,28)/b21-14+. The predicted octanol–water partition coefficient (Wildman–Crippen LogP) is 1.91. The van der Waals surface area contributed by atoms with Gasteiger partial charge in [0.25, 0.3) is 5.56 Å². The summed E-state index contributed by atoms with van der Waals surface area (Å²) in [6, 6.07) is 9.47. The van der Waals surface area contributed by atoms with Crippen molar-refractivity contribution in [1.29, 1.82) is 0 Å². The lowest BCUT2D eigenvalue weighted by Gasteiger charge is -2.09. The first kappa shape index (κ1) is 21.1. The number of hydrogen-bond acceptors (Lipinski definition) is 5. The minimum Gasteiger partial charge on any atom is -0.494 e. The zero-order chi connectivity index (χ0) is 20.4. The van der Waals surface area contributed by atoms with Crippen molar-refractivity contribution in [3.8, 4) is 5.88 Å². The molecule has 0 bridgehead atoms. The molecule has 2 aromatic rings. The van der Waals surface area contributed by atoms with Crippen molar-refractivity contribution in [1.82, 2.24) is 15.0 Å². The van der Waals surface area contributed by atoms with Crippen LogP contribution in [0.5, 0.6) is 5.88 Å². The maximum atomic E-state index is 12.0. The van der Waals surface area contributed by atoms with E-state index in [0.29, 0.717) is 12.8 Å². The summed E-state index contributed by atoms with van der Waals surface area (Å²) in [5.41, 5.74) is 1.68. The molecule has 150 valence electrons. The number of hydrogen-bond donors (Lipinski definition) is 3. The summed E-state index contributed by atoms with van der Waals surface area (Å²) in [7, 11) is 0. The summed E-state index contributed by atoms with van der Waals surface area (Å²) < 4.78 is 1.07. The molecule has 8 nitrogen and oxygen atoms in total. The van der Waals surface area contributed by atoms with Crippen molar-refractivity contribution in [3.63, 3.8) is 0 Å². The highest BCUT2D eigenvalue weighted by Crippen LogP contribution is 2.09. The number of rotatable bonds is 10. The molecule has 1 amide bonds. The molecular weight excluding hydrogens is 360 g/mol. The molecule has 0 saturated carbocycles. The number of aromatic nitrogens is 2. The van der Waals surface area contributed by atoms with E-state index in [9.17, 15) is 19.5 Å². The second kappa shape index (κ2) is 10.9. The number of amides is 1. The van der Waals surface area contributed by atoms with Crippen molar-refractivity contribution in [2.75, 3.05) is 0 Å². The second-order valence-corrected chi connectivity index (χ2v) is 6.49. The zero-order valence-electron chi connectivity index (χ0n) is 16.0. The van der Waals surface area contributed by atoms with E-state index in [1.54, 1.807) is 0 Å². The number of carbonyl (C=O) groups excluding carboxylic acids is 1. The molecule has 0 aliphatic carbocycles. The normalized spacial score (nSPS) is 11.0. The van der Waals surface area contributed by atoms with Crippen molar-refractivity contribution in [3.05, 3.63) is 62.3 Å². The summed E-state index contributed by atoms with van der Waals surface area (Å²) in [5.74, 6) is -0.744. The molecule has 0 aliphatic rings. The van der Waals surface area contributed by atoms with E-state index >= 15 is 0 Å². The van der Waals surface area contributed by atoms with Gasteiger partial charge in [-0.15, -0.1) is 0 Å². The van der Waals surface area contributed by atoms with Crippen molar-refractivity contribution in [2.45, 2.75) is 52.0 Å². The zero-order valence-corrected chi connectivity index (χ0v) is 16.0. The van der Waals surface area contributed by atoms with Gasteiger partial charge < -0.3 is 5.11 Å². The van der Waals surface area contributed by atoms with Gasteiger partial charge in [-0.05, 0) is 18.4 Å². The topological polar surface area (TPSA) is 117 Å². The van der Waals surface area contributed by atoms with Gasteiger partial charge in [-0.25, -0.2) is 10.2 Å². The minimum atomic E-state index is -0.764. The first-order valence-electron chi connectivity index (χ1n) is 9.44. The highest BCUT2D eigenvalue weighted by Gasteiger charge is 2.12. The van der Waals surface area contributed by atoms with Crippen LogP contribution >= 0.6 is 0 Å². The van der Waals surface area contributed by atoms with E-state index in [1.165, 1.54) is 0 Å². The Morgan fingerprint density at radius 2 is 1.96 bits per heavy atom. The molecule has 0 unspecified atom stereocenters. The predicted molar refractivity (Wildman–Crippen MR) is 108 cm³/mol. The first-order chi connectivity index (χ1) is 13.5. The number of nitrogens with zero attached hydrogens (tertiary/aromatic N) is 2. The van der Waals surface area contributed by atoms with E-state index in [-0.39, 0.29) is 18.0 Å². The number of H-pyrrole nitrogens is 1. The molecule has 0 spiro atoms. The molecule has 1 heterocycles. The quantitative estimate of drug-likeness (QED) is 0.328. The van der Waals surface area contributed by atoms with Crippen LogP contribution in [0.3, 0.4) is 0 Å². The van der Waals surface area contributed by atoms with Crippen LogP contribution < -0.4 is 16.7 Å². The second-order valence-electron chi connectivity index (χ2n) is 6.49. The van der Waals surface area contributed by atoms with Gasteiger partial charge in [-0.1, -0.05) is 56.5 Å². The van der Waals surface area contributed by atoms with E-state index in [0.717, 1.165) is 42.0 Å². The van der Waals surface area contributed by atoms with Gasteiger partial charge in [0.2, 0.25) is 11.8 Å². The fourth-order valence-electron chi connectivity index (χ4n) is 2.72. The highest BCUT2D eigenvalue weighted by atomic mass is 16.3. The Kier molecular flexibility index (Phi) is 8.20. The molecule has 0 aliphatic heterocycles. The maximum absolute atomic E-state index is 12.0. The largest absolute Gasteiger partial charge is 0.494 e. The summed E-state index contributed by atoms with van der Waals surface area (Å²) in [5, 5.41) is 14.1. The van der Waals surface area contributed by atoms with Gasteiger partial charge in [-0.3, -0.25) is 19.1 Å². The Bertz CT molecular complexity index is 916. The number of carbonyl (C=O) groups is 1. The molecule has 28 heavy (non-hydrogen) atoms. The van der Waals surface area contributed by atoms with Crippen LogP contribution in [0.25, 0.3) is 0 Å². The third-order valence-electron chi connectivity index (χ3n) is 4.31. The Labute approximate surface area is 162 Å². The highest BCUT2D eigenvalue weighted by molar-refractivity contribution is 5.83. The van der Waals surface area contributed by atoms with Gasteiger partial charge in [-0.2, -0.15) is 5.10 Å². The van der Waals surface area contributed by atoms with Gasteiger partial charge in [0.1, 0.15) is 5.56 Å². The maximum Gasteiger partial charge on any atom is 0.331 e. The number of hydrazone groups is 1. The smallest absolute Gasteiger partial charge is 0.331 e. The van der Waals surface area contributed by atoms with Crippen LogP contribution in [-0.4, -0.2) is 26.8 Å². The molecule has 3 N–H and O–H groups in total. The van der Waals surface area contributed by atoms with Crippen LogP contribution in [0.2, 0.25) is 0 Å². The number of nitrogens with one attached hydrogen (secondary N) is 2. The monoisotopic (exact) mass is 386 g/mol. The third kappa shape index (κ3) is 6.22. The first-order valence-corrected chi connectivity index (χ1v) is 9.44.